The summed E-state index contributed by atoms with van der Waals surface area (Å²) in [6.07, 6.45) is 1.83. The lowest BCUT2D eigenvalue weighted by molar-refractivity contribution is -0.287. The fourth-order valence-electron chi connectivity index (χ4n) is 1.06. The molecule has 0 radical (unpaired) electrons. The molecule has 0 amide bonds. The Labute approximate surface area is 86.7 Å². The quantitative estimate of drug-likeness (QED) is 0.375. The van der Waals surface area contributed by atoms with Crippen LogP contribution in [0, 0.1) is 0 Å². The second-order valence-corrected chi connectivity index (χ2v) is 2.86. The molecule has 0 unspecified atom stereocenters. The number of ether oxygens (including phenoxy) is 2. The molecule has 0 bridgehead atoms. The summed E-state index contributed by atoms with van der Waals surface area (Å²) in [4.78, 5) is 31.2. The molecule has 1 saturated heterocycles. The summed E-state index contributed by atoms with van der Waals surface area (Å²) in [5, 5.41) is 0. The molecule has 0 spiro atoms. The number of carbonyl (C=O) groups excluding carboxylic acids is 2. The molecule has 0 aromatic carbocycles. The average molecular weight is 216 g/mol. The van der Waals surface area contributed by atoms with E-state index in [1.165, 1.54) is 26.4 Å². The highest BCUT2D eigenvalue weighted by Gasteiger charge is 2.32. The number of hydrogen-bond donors (Lipinski definition) is 0. The zero-order valence-electron chi connectivity index (χ0n) is 8.47. The summed E-state index contributed by atoms with van der Waals surface area (Å²) < 4.78 is 8.86. The maximum absolute atomic E-state index is 11.0. The van der Waals surface area contributed by atoms with Gasteiger partial charge in [-0.15, -0.1) is 0 Å². The predicted octanol–water partition coefficient (Wildman–Crippen LogP) is -0.0223. The van der Waals surface area contributed by atoms with Crippen molar-refractivity contribution in [1.82, 2.24) is 0 Å². The lowest BCUT2D eigenvalue weighted by Crippen LogP contribution is -2.20. The Morgan fingerprint density at radius 1 is 1.27 bits per heavy atom. The molecule has 1 rings (SSSR count). The fourth-order valence-corrected chi connectivity index (χ4v) is 1.06. The van der Waals surface area contributed by atoms with Crippen molar-refractivity contribution in [3.05, 3.63) is 12.2 Å². The first-order valence-corrected chi connectivity index (χ1v) is 4.33. The van der Waals surface area contributed by atoms with Crippen LogP contribution in [0.25, 0.3) is 0 Å². The molecule has 6 nitrogen and oxygen atoms in total. The van der Waals surface area contributed by atoms with Crippen molar-refractivity contribution in [2.45, 2.75) is 18.6 Å². The van der Waals surface area contributed by atoms with Gasteiger partial charge in [0.15, 0.2) is 6.10 Å². The highest BCUT2D eigenvalue weighted by molar-refractivity contribution is 5.81. The molecule has 6 heteroatoms. The normalized spacial score (nSPS) is 25.5. The highest BCUT2D eigenvalue weighted by Crippen LogP contribution is 2.18. The standard InChI is InChI=1S/C9H12O6/c1-12-8(10)4-3-6-5-7(15-14-6)9(11)13-2/h3-4,6-7H,5H2,1-2H3/b4-3-/t6-,7-/m1/s1. The van der Waals surface area contributed by atoms with E-state index in [0.29, 0.717) is 6.42 Å². The molecule has 0 aromatic rings. The molecule has 1 heterocycles. The lowest BCUT2D eigenvalue weighted by atomic mass is 10.1. The first-order valence-electron chi connectivity index (χ1n) is 4.33. The van der Waals surface area contributed by atoms with Gasteiger partial charge in [-0.05, 0) is 6.08 Å². The van der Waals surface area contributed by atoms with Gasteiger partial charge in [0.1, 0.15) is 6.10 Å². The van der Waals surface area contributed by atoms with E-state index in [2.05, 4.69) is 9.47 Å². The van der Waals surface area contributed by atoms with Crippen LogP contribution in [0.5, 0.6) is 0 Å². The predicted molar refractivity (Wildman–Crippen MR) is 47.5 cm³/mol. The van der Waals surface area contributed by atoms with Crippen LogP contribution in [0.4, 0.5) is 0 Å². The zero-order valence-corrected chi connectivity index (χ0v) is 8.47. The van der Waals surface area contributed by atoms with Crippen molar-refractivity contribution in [1.29, 1.82) is 0 Å². The highest BCUT2D eigenvalue weighted by atomic mass is 17.2. The minimum Gasteiger partial charge on any atom is -0.467 e. The van der Waals surface area contributed by atoms with Crippen molar-refractivity contribution < 1.29 is 28.8 Å². The topological polar surface area (TPSA) is 71.1 Å². The van der Waals surface area contributed by atoms with Gasteiger partial charge in [-0.3, -0.25) is 0 Å². The Kier molecular flexibility index (Phi) is 4.26. The molecule has 2 atom stereocenters. The van der Waals surface area contributed by atoms with Crippen molar-refractivity contribution in [3.63, 3.8) is 0 Å². The number of esters is 2. The van der Waals surface area contributed by atoms with Crippen LogP contribution in [-0.2, 0) is 28.8 Å². The maximum atomic E-state index is 11.0. The summed E-state index contributed by atoms with van der Waals surface area (Å²) in [7, 11) is 2.54. The summed E-state index contributed by atoms with van der Waals surface area (Å²) in [5.41, 5.74) is 0. The maximum Gasteiger partial charge on any atom is 0.338 e. The van der Waals surface area contributed by atoms with E-state index in [-0.39, 0.29) is 0 Å². The molecular formula is C9H12O6. The third kappa shape index (κ3) is 3.34. The largest absolute Gasteiger partial charge is 0.467 e. The average Bonchev–Trinajstić information content (AvgIpc) is 2.73. The number of methoxy groups -OCH3 is 2. The Morgan fingerprint density at radius 2 is 2.00 bits per heavy atom. The second kappa shape index (κ2) is 5.47. The molecule has 0 N–H and O–H groups in total. The monoisotopic (exact) mass is 216 g/mol. The molecule has 1 fully saturated rings. The van der Waals surface area contributed by atoms with Crippen LogP contribution in [0.1, 0.15) is 6.42 Å². The van der Waals surface area contributed by atoms with Crippen molar-refractivity contribution in [2.75, 3.05) is 14.2 Å². The molecule has 1 aliphatic heterocycles. The summed E-state index contributed by atoms with van der Waals surface area (Å²) in [6, 6.07) is 0. The minimum atomic E-state index is -0.734. The molecule has 15 heavy (non-hydrogen) atoms. The van der Waals surface area contributed by atoms with Gasteiger partial charge in [0.25, 0.3) is 0 Å². The van der Waals surface area contributed by atoms with Crippen LogP contribution in [0.2, 0.25) is 0 Å². The van der Waals surface area contributed by atoms with Crippen molar-refractivity contribution in [2.24, 2.45) is 0 Å². The molecular weight excluding hydrogens is 204 g/mol. The zero-order chi connectivity index (χ0) is 11.3. The van der Waals surface area contributed by atoms with Crippen LogP contribution >= 0.6 is 0 Å². The third-order valence-corrected chi connectivity index (χ3v) is 1.85. The third-order valence-electron chi connectivity index (χ3n) is 1.85. The first-order chi connectivity index (χ1) is 7.17. The van der Waals surface area contributed by atoms with Crippen molar-refractivity contribution in [3.8, 4) is 0 Å². The van der Waals surface area contributed by atoms with E-state index in [1.807, 2.05) is 0 Å². The van der Waals surface area contributed by atoms with Gasteiger partial charge in [-0.25, -0.2) is 19.4 Å². The van der Waals surface area contributed by atoms with Crippen LogP contribution in [0.3, 0.4) is 0 Å². The second-order valence-electron chi connectivity index (χ2n) is 2.86. The van der Waals surface area contributed by atoms with Crippen LogP contribution < -0.4 is 0 Å². The molecule has 0 aliphatic carbocycles. The van der Waals surface area contributed by atoms with E-state index in [1.54, 1.807) is 0 Å². The SMILES string of the molecule is COC(=O)/C=C\[C@@H]1C[C@H](C(=O)OC)OO1. The van der Waals surface area contributed by atoms with Gasteiger partial charge in [0, 0.05) is 12.5 Å². The van der Waals surface area contributed by atoms with Gasteiger partial charge in [0.05, 0.1) is 14.2 Å². The van der Waals surface area contributed by atoms with E-state index < -0.39 is 24.1 Å². The number of carbonyl (C=O) groups is 2. The van der Waals surface area contributed by atoms with Gasteiger partial charge >= 0.3 is 11.9 Å². The van der Waals surface area contributed by atoms with Gasteiger partial charge in [-0.2, -0.15) is 0 Å². The van der Waals surface area contributed by atoms with Gasteiger partial charge < -0.3 is 9.47 Å². The van der Waals surface area contributed by atoms with Gasteiger partial charge in [0.2, 0.25) is 0 Å². The molecule has 1 aliphatic rings. The summed E-state index contributed by atoms with van der Waals surface area (Å²) in [6.45, 7) is 0. The molecule has 0 saturated carbocycles. The van der Waals surface area contributed by atoms with E-state index in [9.17, 15) is 9.59 Å². The lowest BCUT2D eigenvalue weighted by Gasteiger charge is -2.01. The Hall–Kier alpha value is -1.40. The van der Waals surface area contributed by atoms with Crippen LogP contribution in [0.15, 0.2) is 12.2 Å². The fraction of sp³-hybridized carbons (Fsp3) is 0.556. The van der Waals surface area contributed by atoms with E-state index in [0.717, 1.165) is 0 Å². The number of hydrogen-bond acceptors (Lipinski definition) is 6. The Morgan fingerprint density at radius 3 is 2.60 bits per heavy atom. The van der Waals surface area contributed by atoms with E-state index in [4.69, 9.17) is 9.78 Å². The van der Waals surface area contributed by atoms with Crippen LogP contribution in [-0.4, -0.2) is 38.4 Å². The molecule has 84 valence electrons. The summed E-state index contributed by atoms with van der Waals surface area (Å²) in [5.74, 6) is -0.982. The number of rotatable bonds is 3. The Balaban J connectivity index is 2.40. The Bertz CT molecular complexity index is 272. The smallest absolute Gasteiger partial charge is 0.338 e. The first kappa shape index (κ1) is 11.7. The van der Waals surface area contributed by atoms with Gasteiger partial charge in [-0.1, -0.05) is 0 Å². The van der Waals surface area contributed by atoms with E-state index >= 15 is 0 Å². The summed E-state index contributed by atoms with van der Waals surface area (Å²) >= 11 is 0. The van der Waals surface area contributed by atoms with Crippen molar-refractivity contribution >= 4 is 11.9 Å². The minimum absolute atomic E-state index is 0.320. The molecule has 0 aromatic heterocycles.